The zero-order valence-electron chi connectivity index (χ0n) is 16.6. The molecule has 0 bridgehead atoms. The molecular formula is C23H24N2O3S. The molecule has 6 heteroatoms. The van der Waals surface area contributed by atoms with Crippen molar-refractivity contribution in [3.63, 3.8) is 0 Å². The number of esters is 1. The van der Waals surface area contributed by atoms with Crippen LogP contribution in [0.3, 0.4) is 0 Å². The maximum absolute atomic E-state index is 13.4. The summed E-state index contributed by atoms with van der Waals surface area (Å²) in [5.41, 5.74) is 1.81. The van der Waals surface area contributed by atoms with Gasteiger partial charge in [-0.3, -0.25) is 9.36 Å². The Morgan fingerprint density at radius 2 is 2.10 bits per heavy atom. The van der Waals surface area contributed by atoms with Gasteiger partial charge in [-0.25, -0.2) is 9.79 Å². The summed E-state index contributed by atoms with van der Waals surface area (Å²) in [7, 11) is 0. The molecule has 0 amide bonds. The molecule has 0 N–H and O–H groups in total. The van der Waals surface area contributed by atoms with Crippen molar-refractivity contribution in [2.75, 3.05) is 6.61 Å². The highest BCUT2D eigenvalue weighted by molar-refractivity contribution is 7.07. The molecule has 29 heavy (non-hydrogen) atoms. The number of hydrogen-bond acceptors (Lipinski definition) is 5. The Kier molecular flexibility index (Phi) is 5.62. The van der Waals surface area contributed by atoms with Gasteiger partial charge in [0.05, 0.1) is 28.5 Å². The minimum absolute atomic E-state index is 0.0912. The molecule has 150 valence electrons. The third-order valence-electron chi connectivity index (χ3n) is 5.33. The van der Waals surface area contributed by atoms with Crippen LogP contribution in [-0.2, 0) is 9.53 Å². The highest BCUT2D eigenvalue weighted by Gasteiger charge is 2.33. The number of fused-ring (bicyclic) bond motifs is 1. The lowest BCUT2D eigenvalue weighted by atomic mass is 9.94. The van der Waals surface area contributed by atoms with E-state index in [1.165, 1.54) is 11.3 Å². The van der Waals surface area contributed by atoms with Gasteiger partial charge in [0, 0.05) is 0 Å². The Morgan fingerprint density at radius 3 is 2.79 bits per heavy atom. The largest absolute Gasteiger partial charge is 0.463 e. The van der Waals surface area contributed by atoms with Crippen molar-refractivity contribution in [2.24, 2.45) is 10.9 Å². The van der Waals surface area contributed by atoms with Gasteiger partial charge in [-0.2, -0.15) is 0 Å². The SMILES string of the molecule is CCOC(=O)C1=C(C)N=c2s/c(=C/[C@@H]3CC=CCC3)c(=O)n2[C@H]1c1ccccc1. The second-order valence-corrected chi connectivity index (χ2v) is 8.29. The normalized spacial score (nSPS) is 21.7. The van der Waals surface area contributed by atoms with Gasteiger partial charge in [0.25, 0.3) is 5.56 Å². The van der Waals surface area contributed by atoms with Gasteiger partial charge in [0.2, 0.25) is 0 Å². The molecule has 0 saturated carbocycles. The summed E-state index contributed by atoms with van der Waals surface area (Å²) in [6.45, 7) is 3.86. The van der Waals surface area contributed by atoms with Crippen LogP contribution >= 0.6 is 11.3 Å². The number of nitrogens with zero attached hydrogens (tertiary/aromatic N) is 2. The van der Waals surface area contributed by atoms with Crippen LogP contribution in [0.1, 0.15) is 44.7 Å². The van der Waals surface area contributed by atoms with Gasteiger partial charge in [-0.05, 0) is 44.6 Å². The van der Waals surface area contributed by atoms with Crippen LogP contribution in [0.2, 0.25) is 0 Å². The van der Waals surface area contributed by atoms with Crippen molar-refractivity contribution in [3.8, 4) is 0 Å². The van der Waals surface area contributed by atoms with Crippen molar-refractivity contribution < 1.29 is 9.53 Å². The standard InChI is InChI=1S/C23H24N2O3S/c1-3-28-22(27)19-15(2)24-23-25(20(19)17-12-8-5-9-13-17)21(26)18(29-23)14-16-10-6-4-7-11-16/h4-6,8-9,12-14,16,20H,3,7,10-11H2,1-2H3/b18-14+/t16-,20+/m1/s1. The monoisotopic (exact) mass is 408 g/mol. The van der Waals surface area contributed by atoms with E-state index in [0.29, 0.717) is 26.5 Å². The molecule has 1 aromatic carbocycles. The molecule has 1 aliphatic carbocycles. The lowest BCUT2D eigenvalue weighted by Crippen LogP contribution is -2.40. The molecule has 1 aromatic heterocycles. The fraction of sp³-hybridized carbons (Fsp3) is 0.348. The zero-order chi connectivity index (χ0) is 20.4. The van der Waals surface area contributed by atoms with E-state index in [1.54, 1.807) is 11.5 Å². The smallest absolute Gasteiger partial charge is 0.338 e. The Bertz CT molecular complexity index is 1150. The van der Waals surface area contributed by atoms with Gasteiger partial charge >= 0.3 is 5.97 Å². The van der Waals surface area contributed by atoms with Gasteiger partial charge < -0.3 is 4.74 Å². The third kappa shape index (κ3) is 3.77. The fourth-order valence-electron chi connectivity index (χ4n) is 3.94. The summed E-state index contributed by atoms with van der Waals surface area (Å²) in [4.78, 5) is 31.4. The van der Waals surface area contributed by atoms with E-state index in [0.717, 1.165) is 24.8 Å². The molecule has 0 saturated heterocycles. The predicted octanol–water partition coefficient (Wildman–Crippen LogP) is 3.11. The third-order valence-corrected chi connectivity index (χ3v) is 6.33. The van der Waals surface area contributed by atoms with Crippen molar-refractivity contribution in [1.29, 1.82) is 0 Å². The van der Waals surface area contributed by atoms with E-state index in [1.807, 2.05) is 37.3 Å². The number of ether oxygens (including phenoxy) is 1. The number of aromatic nitrogens is 1. The summed E-state index contributed by atoms with van der Waals surface area (Å²) in [6.07, 6.45) is 9.50. The summed E-state index contributed by atoms with van der Waals surface area (Å²) in [5, 5.41) is 0. The lowest BCUT2D eigenvalue weighted by molar-refractivity contribution is -0.139. The first-order valence-electron chi connectivity index (χ1n) is 10.00. The molecule has 0 radical (unpaired) electrons. The first kappa shape index (κ1) is 19.6. The van der Waals surface area contributed by atoms with Gasteiger partial charge in [0.1, 0.15) is 0 Å². The first-order chi connectivity index (χ1) is 14.1. The predicted molar refractivity (Wildman–Crippen MR) is 114 cm³/mol. The van der Waals surface area contributed by atoms with Crippen LogP contribution in [0.5, 0.6) is 0 Å². The number of benzene rings is 1. The minimum Gasteiger partial charge on any atom is -0.463 e. The highest BCUT2D eigenvalue weighted by Crippen LogP contribution is 2.30. The number of carbonyl (C=O) groups is 1. The molecule has 1 aliphatic heterocycles. The van der Waals surface area contributed by atoms with Crippen LogP contribution < -0.4 is 14.9 Å². The molecule has 5 nitrogen and oxygen atoms in total. The van der Waals surface area contributed by atoms with Crippen molar-refractivity contribution in [1.82, 2.24) is 4.57 Å². The van der Waals surface area contributed by atoms with Gasteiger partial charge in [-0.1, -0.05) is 59.9 Å². The van der Waals surface area contributed by atoms with E-state index in [9.17, 15) is 9.59 Å². The van der Waals surface area contributed by atoms with Crippen molar-refractivity contribution in [3.05, 3.63) is 79.0 Å². The summed E-state index contributed by atoms with van der Waals surface area (Å²) in [5.74, 6) is -0.0588. The molecule has 2 aliphatic rings. The number of rotatable bonds is 4. The minimum atomic E-state index is -0.528. The van der Waals surface area contributed by atoms with Crippen LogP contribution in [0.25, 0.3) is 6.08 Å². The molecule has 2 heterocycles. The van der Waals surface area contributed by atoms with E-state index in [-0.39, 0.29) is 12.2 Å². The molecule has 0 fully saturated rings. The molecule has 0 unspecified atom stereocenters. The Labute approximate surface area is 173 Å². The second kappa shape index (κ2) is 8.33. The van der Waals surface area contributed by atoms with Crippen LogP contribution in [0, 0.1) is 5.92 Å². The van der Waals surface area contributed by atoms with E-state index in [4.69, 9.17) is 4.74 Å². The van der Waals surface area contributed by atoms with Crippen LogP contribution in [-0.4, -0.2) is 17.1 Å². The fourth-order valence-corrected chi connectivity index (χ4v) is 5.05. The van der Waals surface area contributed by atoms with Crippen LogP contribution in [0.15, 0.2) is 63.5 Å². The van der Waals surface area contributed by atoms with Gasteiger partial charge in [0.15, 0.2) is 4.80 Å². The Hall–Kier alpha value is -2.73. The Morgan fingerprint density at radius 1 is 1.31 bits per heavy atom. The van der Waals surface area contributed by atoms with E-state index < -0.39 is 12.0 Å². The highest BCUT2D eigenvalue weighted by atomic mass is 32.1. The molecule has 0 spiro atoms. The lowest BCUT2D eigenvalue weighted by Gasteiger charge is -2.24. The molecule has 2 atom stereocenters. The molecular weight excluding hydrogens is 384 g/mol. The topological polar surface area (TPSA) is 60.7 Å². The summed E-state index contributed by atoms with van der Waals surface area (Å²) in [6, 6.07) is 9.09. The van der Waals surface area contributed by atoms with E-state index in [2.05, 4.69) is 23.2 Å². The Balaban J connectivity index is 1.90. The second-order valence-electron chi connectivity index (χ2n) is 7.28. The summed E-state index contributed by atoms with van der Waals surface area (Å²) < 4.78 is 7.66. The average molecular weight is 409 g/mol. The number of carbonyl (C=O) groups excluding carboxylic acids is 1. The van der Waals surface area contributed by atoms with Crippen molar-refractivity contribution in [2.45, 2.75) is 39.2 Å². The van der Waals surface area contributed by atoms with Crippen molar-refractivity contribution >= 4 is 23.4 Å². The zero-order valence-corrected chi connectivity index (χ0v) is 17.4. The molecule has 4 rings (SSSR count). The summed E-state index contributed by atoms with van der Waals surface area (Å²) >= 11 is 1.40. The van der Waals surface area contributed by atoms with Crippen LogP contribution in [0.4, 0.5) is 0 Å². The maximum atomic E-state index is 13.4. The quantitative estimate of drug-likeness (QED) is 0.577. The number of allylic oxidation sites excluding steroid dienone is 3. The number of hydrogen-bond donors (Lipinski definition) is 0. The van der Waals surface area contributed by atoms with Gasteiger partial charge in [-0.15, -0.1) is 0 Å². The molecule has 2 aromatic rings. The average Bonchev–Trinajstić information content (AvgIpc) is 3.03. The number of thiazole rings is 1. The first-order valence-corrected chi connectivity index (χ1v) is 10.8. The van der Waals surface area contributed by atoms with E-state index >= 15 is 0 Å². The maximum Gasteiger partial charge on any atom is 0.338 e.